The van der Waals surface area contributed by atoms with Gasteiger partial charge in [-0.3, -0.25) is 4.79 Å². The van der Waals surface area contributed by atoms with Crippen LogP contribution in [0.5, 0.6) is 0 Å². The first-order valence-corrected chi connectivity index (χ1v) is 8.86. The van der Waals surface area contributed by atoms with Gasteiger partial charge in [-0.2, -0.15) is 0 Å². The molecule has 0 aromatic heterocycles. The van der Waals surface area contributed by atoms with Gasteiger partial charge in [0.25, 0.3) is 0 Å². The summed E-state index contributed by atoms with van der Waals surface area (Å²) in [7, 11) is 0. The Hall–Kier alpha value is -1.42. The summed E-state index contributed by atoms with van der Waals surface area (Å²) >= 11 is 0. The lowest BCUT2D eigenvalue weighted by Gasteiger charge is -2.37. The van der Waals surface area contributed by atoms with E-state index in [1.165, 1.54) is 5.56 Å². The first-order chi connectivity index (χ1) is 11.2. The van der Waals surface area contributed by atoms with Crippen molar-refractivity contribution in [1.82, 2.24) is 9.80 Å². The second-order valence-electron chi connectivity index (χ2n) is 6.89. The lowest BCUT2D eigenvalue weighted by Crippen LogP contribution is -2.47. The Bertz CT molecular complexity index is 521. The summed E-state index contributed by atoms with van der Waals surface area (Å²) < 4.78 is 12.8. The van der Waals surface area contributed by atoms with Crippen LogP contribution in [0.15, 0.2) is 30.3 Å². The summed E-state index contributed by atoms with van der Waals surface area (Å²) in [5, 5.41) is 0. The molecule has 3 nitrogen and oxygen atoms in total. The minimum Gasteiger partial charge on any atom is -0.334 e. The van der Waals surface area contributed by atoms with Crippen molar-refractivity contribution >= 4 is 5.91 Å². The second kappa shape index (κ2) is 7.43. The van der Waals surface area contributed by atoms with Crippen molar-refractivity contribution in [3.8, 4) is 0 Å². The number of hydrogen-bond acceptors (Lipinski definition) is 2. The van der Waals surface area contributed by atoms with Gasteiger partial charge in [0.15, 0.2) is 0 Å². The molecule has 23 heavy (non-hydrogen) atoms. The van der Waals surface area contributed by atoms with Crippen molar-refractivity contribution in [3.05, 3.63) is 35.9 Å². The van der Waals surface area contributed by atoms with Gasteiger partial charge < -0.3 is 9.80 Å². The van der Waals surface area contributed by atoms with E-state index in [2.05, 4.69) is 35.2 Å². The Kier molecular flexibility index (Phi) is 5.31. The minimum absolute atomic E-state index is 0.0648. The number of carbonyl (C=O) groups is 1. The zero-order valence-electron chi connectivity index (χ0n) is 13.8. The summed E-state index contributed by atoms with van der Waals surface area (Å²) in [6.07, 6.45) is 5.71. The van der Waals surface area contributed by atoms with Gasteiger partial charge in [-0.05, 0) is 44.2 Å². The van der Waals surface area contributed by atoms with Gasteiger partial charge in [-0.15, -0.1) is 0 Å². The molecule has 126 valence electrons. The smallest absolute Gasteiger partial charge is 0.223 e. The fourth-order valence-corrected chi connectivity index (χ4v) is 4.23. The lowest BCUT2D eigenvalue weighted by molar-refractivity contribution is -0.131. The molecule has 2 aliphatic rings. The van der Waals surface area contributed by atoms with E-state index < -0.39 is 6.67 Å². The number of halogens is 1. The number of likely N-dealkylation sites (tertiary alicyclic amines) is 2. The van der Waals surface area contributed by atoms with Crippen LogP contribution in [0.3, 0.4) is 0 Å². The molecule has 1 spiro atoms. The van der Waals surface area contributed by atoms with Crippen molar-refractivity contribution in [2.75, 3.05) is 32.9 Å². The zero-order chi connectivity index (χ0) is 16.1. The molecule has 1 aromatic carbocycles. The fourth-order valence-electron chi connectivity index (χ4n) is 4.23. The molecule has 1 aromatic rings. The molecule has 3 rings (SSSR count). The molecule has 0 aliphatic carbocycles. The average molecular weight is 318 g/mol. The minimum atomic E-state index is -0.425. The van der Waals surface area contributed by atoms with Gasteiger partial charge in [-0.25, -0.2) is 4.39 Å². The SMILES string of the molecule is O=C1CC[C@@]2(CCCN(CCc3ccccc3)CC2)N1CCF. The highest BCUT2D eigenvalue weighted by Crippen LogP contribution is 2.38. The van der Waals surface area contributed by atoms with Gasteiger partial charge in [-0.1, -0.05) is 30.3 Å². The van der Waals surface area contributed by atoms with Crippen LogP contribution in [0.1, 0.15) is 37.7 Å². The highest BCUT2D eigenvalue weighted by molar-refractivity contribution is 5.79. The Morgan fingerprint density at radius 1 is 1.04 bits per heavy atom. The van der Waals surface area contributed by atoms with Crippen molar-refractivity contribution in [2.24, 2.45) is 0 Å². The Morgan fingerprint density at radius 3 is 2.65 bits per heavy atom. The summed E-state index contributed by atoms with van der Waals surface area (Å²) in [6, 6.07) is 10.6. The van der Waals surface area contributed by atoms with E-state index in [1.807, 2.05) is 4.90 Å². The quantitative estimate of drug-likeness (QED) is 0.833. The molecule has 0 N–H and O–H groups in total. The van der Waals surface area contributed by atoms with Crippen LogP contribution in [0.2, 0.25) is 0 Å². The Balaban J connectivity index is 1.57. The molecule has 2 heterocycles. The van der Waals surface area contributed by atoms with Crippen molar-refractivity contribution in [1.29, 1.82) is 0 Å². The van der Waals surface area contributed by atoms with Gasteiger partial charge in [0, 0.05) is 31.6 Å². The Labute approximate surface area is 138 Å². The third-order valence-electron chi connectivity index (χ3n) is 5.56. The predicted molar refractivity (Wildman–Crippen MR) is 90.1 cm³/mol. The van der Waals surface area contributed by atoms with Gasteiger partial charge in [0.05, 0.1) is 0 Å². The number of hydrogen-bond donors (Lipinski definition) is 0. The van der Waals surface area contributed by atoms with Crippen LogP contribution in [0, 0.1) is 0 Å². The van der Waals surface area contributed by atoms with E-state index in [9.17, 15) is 9.18 Å². The number of nitrogens with zero attached hydrogens (tertiary/aromatic N) is 2. The molecule has 0 radical (unpaired) electrons. The molecule has 1 amide bonds. The molecule has 0 saturated carbocycles. The molecular formula is C19H27FN2O. The summed E-state index contributed by atoms with van der Waals surface area (Å²) in [5.41, 5.74) is 1.31. The topological polar surface area (TPSA) is 23.6 Å². The summed E-state index contributed by atoms with van der Waals surface area (Å²) in [5.74, 6) is 0.153. The van der Waals surface area contributed by atoms with E-state index in [0.717, 1.165) is 51.7 Å². The first-order valence-electron chi connectivity index (χ1n) is 8.86. The normalized spacial score (nSPS) is 26.0. The number of rotatable bonds is 5. The molecule has 2 saturated heterocycles. The highest BCUT2D eigenvalue weighted by atomic mass is 19.1. The molecule has 2 aliphatic heterocycles. The maximum Gasteiger partial charge on any atom is 0.223 e. The van der Waals surface area contributed by atoms with Crippen LogP contribution in [-0.2, 0) is 11.2 Å². The standard InChI is InChI=1S/C19H27FN2O/c20-12-16-22-18(23)7-10-19(22)9-4-13-21(15-11-19)14-8-17-5-2-1-3-6-17/h1-3,5-6H,4,7-16H2/t19-/m1/s1. The molecule has 0 unspecified atom stereocenters. The number of amides is 1. The fraction of sp³-hybridized carbons (Fsp3) is 0.632. The number of alkyl halides is 1. The number of benzene rings is 1. The monoisotopic (exact) mass is 318 g/mol. The molecule has 2 fully saturated rings. The van der Waals surface area contributed by atoms with Crippen LogP contribution >= 0.6 is 0 Å². The average Bonchev–Trinajstić information content (AvgIpc) is 2.76. The third kappa shape index (κ3) is 3.74. The first kappa shape index (κ1) is 16.4. The maximum atomic E-state index is 12.8. The van der Waals surface area contributed by atoms with E-state index >= 15 is 0 Å². The van der Waals surface area contributed by atoms with Crippen molar-refractivity contribution in [3.63, 3.8) is 0 Å². The molecule has 4 heteroatoms. The third-order valence-corrected chi connectivity index (χ3v) is 5.56. The summed E-state index contributed by atoms with van der Waals surface area (Å²) in [4.78, 5) is 16.5. The van der Waals surface area contributed by atoms with Gasteiger partial charge in [0.1, 0.15) is 6.67 Å². The van der Waals surface area contributed by atoms with E-state index in [0.29, 0.717) is 6.42 Å². The number of carbonyl (C=O) groups excluding carboxylic acids is 1. The zero-order valence-corrected chi connectivity index (χ0v) is 13.8. The second-order valence-corrected chi connectivity index (χ2v) is 6.89. The van der Waals surface area contributed by atoms with E-state index in [-0.39, 0.29) is 18.0 Å². The lowest BCUT2D eigenvalue weighted by atomic mass is 9.88. The van der Waals surface area contributed by atoms with Crippen molar-refractivity contribution < 1.29 is 9.18 Å². The van der Waals surface area contributed by atoms with Gasteiger partial charge in [0.2, 0.25) is 5.91 Å². The summed E-state index contributed by atoms with van der Waals surface area (Å²) in [6.45, 7) is 3.03. The van der Waals surface area contributed by atoms with E-state index in [1.54, 1.807) is 0 Å². The molecule has 1 atom stereocenters. The largest absolute Gasteiger partial charge is 0.334 e. The molecular weight excluding hydrogens is 291 g/mol. The highest BCUT2D eigenvalue weighted by Gasteiger charge is 2.45. The van der Waals surface area contributed by atoms with Crippen LogP contribution in [0.25, 0.3) is 0 Å². The van der Waals surface area contributed by atoms with Gasteiger partial charge >= 0.3 is 0 Å². The van der Waals surface area contributed by atoms with E-state index in [4.69, 9.17) is 0 Å². The van der Waals surface area contributed by atoms with Crippen molar-refractivity contribution in [2.45, 2.75) is 44.1 Å². The van der Waals surface area contributed by atoms with Crippen LogP contribution in [0.4, 0.5) is 4.39 Å². The van der Waals surface area contributed by atoms with Crippen LogP contribution in [-0.4, -0.2) is 54.1 Å². The molecule has 0 bridgehead atoms. The Morgan fingerprint density at radius 2 is 1.87 bits per heavy atom. The predicted octanol–water partition coefficient (Wildman–Crippen LogP) is 3.05. The maximum absolute atomic E-state index is 12.8. The van der Waals surface area contributed by atoms with Crippen LogP contribution < -0.4 is 0 Å².